The molecule has 4 nitrogen and oxygen atoms in total. The molecular weight excluding hydrogens is 250 g/mol. The van der Waals surface area contributed by atoms with Gasteiger partial charge in [0.2, 0.25) is 0 Å². The molecule has 2 aromatic rings. The summed E-state index contributed by atoms with van der Waals surface area (Å²) in [6, 6.07) is 6.94. The Labute approximate surface area is 118 Å². The molecular formula is C16H19N3O. The molecule has 0 amide bonds. The van der Waals surface area contributed by atoms with Gasteiger partial charge in [-0.15, -0.1) is 0 Å². The molecule has 0 bridgehead atoms. The van der Waals surface area contributed by atoms with E-state index in [-0.39, 0.29) is 0 Å². The van der Waals surface area contributed by atoms with Crippen LogP contribution >= 0.6 is 0 Å². The van der Waals surface area contributed by atoms with E-state index in [1.807, 2.05) is 17.9 Å². The molecule has 1 aromatic carbocycles. The number of nitrogens with one attached hydrogen (secondary N) is 1. The highest BCUT2D eigenvalue weighted by atomic mass is 16.5. The fraction of sp³-hybridized carbons (Fsp3) is 0.438. The third-order valence-corrected chi connectivity index (χ3v) is 4.38. The second kappa shape index (κ2) is 4.63. The van der Waals surface area contributed by atoms with Gasteiger partial charge < -0.3 is 10.1 Å². The van der Waals surface area contributed by atoms with E-state index in [0.717, 1.165) is 25.3 Å². The van der Waals surface area contributed by atoms with E-state index in [1.54, 1.807) is 0 Å². The van der Waals surface area contributed by atoms with Crippen LogP contribution in [-0.4, -0.2) is 22.9 Å². The van der Waals surface area contributed by atoms with Gasteiger partial charge in [-0.3, -0.25) is 4.68 Å². The summed E-state index contributed by atoms with van der Waals surface area (Å²) in [4.78, 5) is 0. The fourth-order valence-corrected chi connectivity index (χ4v) is 3.35. The van der Waals surface area contributed by atoms with Gasteiger partial charge in [-0.25, -0.2) is 0 Å². The molecule has 3 heterocycles. The second-order valence-electron chi connectivity index (χ2n) is 5.64. The van der Waals surface area contributed by atoms with Crippen molar-refractivity contribution in [3.63, 3.8) is 0 Å². The van der Waals surface area contributed by atoms with Gasteiger partial charge in [-0.2, -0.15) is 5.10 Å². The molecule has 1 atom stereocenters. The van der Waals surface area contributed by atoms with Crippen LogP contribution in [0.25, 0.3) is 11.1 Å². The lowest BCUT2D eigenvalue weighted by molar-refractivity contribution is 0.357. The summed E-state index contributed by atoms with van der Waals surface area (Å²) in [7, 11) is 2.04. The van der Waals surface area contributed by atoms with Gasteiger partial charge in [0, 0.05) is 25.1 Å². The van der Waals surface area contributed by atoms with Crippen molar-refractivity contribution >= 4 is 0 Å². The van der Waals surface area contributed by atoms with E-state index < -0.39 is 0 Å². The zero-order chi connectivity index (χ0) is 13.5. The van der Waals surface area contributed by atoms with Gasteiger partial charge in [-0.05, 0) is 42.6 Å². The lowest BCUT2D eigenvalue weighted by atomic mass is 9.99. The average molecular weight is 269 g/mol. The molecule has 1 fully saturated rings. The van der Waals surface area contributed by atoms with Crippen LogP contribution in [0, 0.1) is 0 Å². The Morgan fingerprint density at radius 2 is 2.35 bits per heavy atom. The predicted molar refractivity (Wildman–Crippen MR) is 77.8 cm³/mol. The highest BCUT2D eigenvalue weighted by Gasteiger charge is 2.24. The van der Waals surface area contributed by atoms with Crippen molar-refractivity contribution in [2.24, 2.45) is 7.05 Å². The molecule has 0 aliphatic carbocycles. The standard InChI is InChI=1S/C16H19N3O/c1-19-16(14-3-2-7-17-14)13(10-18-19)11-4-5-15-12(9-11)6-8-20-15/h4-5,9-10,14,17H,2-3,6-8H2,1H3. The fourth-order valence-electron chi connectivity index (χ4n) is 3.35. The molecule has 1 aromatic heterocycles. The van der Waals surface area contributed by atoms with E-state index in [2.05, 4.69) is 28.6 Å². The van der Waals surface area contributed by atoms with Crippen molar-refractivity contribution in [1.82, 2.24) is 15.1 Å². The topological polar surface area (TPSA) is 39.1 Å². The van der Waals surface area contributed by atoms with Gasteiger partial charge in [0.05, 0.1) is 18.5 Å². The van der Waals surface area contributed by atoms with Crippen molar-refractivity contribution in [1.29, 1.82) is 0 Å². The molecule has 1 unspecified atom stereocenters. The molecule has 20 heavy (non-hydrogen) atoms. The van der Waals surface area contributed by atoms with Crippen LogP contribution < -0.4 is 10.1 Å². The molecule has 4 rings (SSSR count). The number of nitrogens with zero attached hydrogens (tertiary/aromatic N) is 2. The monoisotopic (exact) mass is 269 g/mol. The van der Waals surface area contributed by atoms with Crippen molar-refractivity contribution in [2.75, 3.05) is 13.2 Å². The first-order valence-corrected chi connectivity index (χ1v) is 7.34. The smallest absolute Gasteiger partial charge is 0.122 e. The number of fused-ring (bicyclic) bond motifs is 1. The molecule has 1 N–H and O–H groups in total. The van der Waals surface area contributed by atoms with Gasteiger partial charge in [0.1, 0.15) is 5.75 Å². The molecule has 0 saturated carbocycles. The third kappa shape index (κ3) is 1.83. The maximum atomic E-state index is 5.59. The van der Waals surface area contributed by atoms with E-state index in [4.69, 9.17) is 4.74 Å². The van der Waals surface area contributed by atoms with Gasteiger partial charge >= 0.3 is 0 Å². The lowest BCUT2D eigenvalue weighted by Gasteiger charge is -2.14. The SMILES string of the molecule is Cn1ncc(-c2ccc3c(c2)CCO3)c1C1CCCN1. The van der Waals surface area contributed by atoms with Crippen LogP contribution in [0.15, 0.2) is 24.4 Å². The quantitative estimate of drug-likeness (QED) is 0.910. The minimum atomic E-state index is 0.432. The molecule has 2 aliphatic heterocycles. The van der Waals surface area contributed by atoms with Crippen LogP contribution in [0.1, 0.15) is 30.1 Å². The largest absolute Gasteiger partial charge is 0.493 e. The molecule has 0 spiro atoms. The first kappa shape index (κ1) is 12.0. The second-order valence-corrected chi connectivity index (χ2v) is 5.64. The van der Waals surface area contributed by atoms with Crippen LogP contribution in [-0.2, 0) is 13.5 Å². The third-order valence-electron chi connectivity index (χ3n) is 4.38. The molecule has 104 valence electrons. The number of benzene rings is 1. The zero-order valence-electron chi connectivity index (χ0n) is 11.7. The molecule has 4 heteroatoms. The Morgan fingerprint density at radius 3 is 3.20 bits per heavy atom. The Bertz CT molecular complexity index is 641. The molecule has 2 aliphatic rings. The predicted octanol–water partition coefficient (Wildman–Crippen LogP) is 2.45. The van der Waals surface area contributed by atoms with E-state index in [9.17, 15) is 0 Å². The Morgan fingerprint density at radius 1 is 1.40 bits per heavy atom. The normalized spacial score (nSPS) is 20.9. The van der Waals surface area contributed by atoms with Gasteiger partial charge in [0.15, 0.2) is 0 Å². The minimum Gasteiger partial charge on any atom is -0.493 e. The maximum Gasteiger partial charge on any atom is 0.122 e. The van der Waals surface area contributed by atoms with Crippen molar-refractivity contribution in [2.45, 2.75) is 25.3 Å². The summed E-state index contributed by atoms with van der Waals surface area (Å²) >= 11 is 0. The van der Waals surface area contributed by atoms with Crippen molar-refractivity contribution in [3.05, 3.63) is 35.7 Å². The number of hydrogen-bond acceptors (Lipinski definition) is 3. The van der Waals surface area contributed by atoms with Crippen LogP contribution in [0.5, 0.6) is 5.75 Å². The summed E-state index contributed by atoms with van der Waals surface area (Å²) in [5, 5.41) is 8.05. The zero-order valence-corrected chi connectivity index (χ0v) is 11.7. The first-order valence-electron chi connectivity index (χ1n) is 7.34. The van der Waals surface area contributed by atoms with Crippen molar-refractivity contribution in [3.8, 4) is 16.9 Å². The number of ether oxygens (including phenoxy) is 1. The molecule has 0 radical (unpaired) electrons. The Hall–Kier alpha value is -1.81. The highest BCUT2D eigenvalue weighted by molar-refractivity contribution is 5.68. The number of aryl methyl sites for hydroxylation is 1. The first-order chi connectivity index (χ1) is 9.83. The summed E-state index contributed by atoms with van der Waals surface area (Å²) in [5.41, 5.74) is 5.13. The van der Waals surface area contributed by atoms with E-state index in [1.165, 1.54) is 35.2 Å². The van der Waals surface area contributed by atoms with E-state index in [0.29, 0.717) is 6.04 Å². The Balaban J connectivity index is 1.78. The van der Waals surface area contributed by atoms with Gasteiger partial charge in [0.25, 0.3) is 0 Å². The average Bonchev–Trinajstić information content (AvgIpc) is 3.17. The number of hydrogen-bond donors (Lipinski definition) is 1. The number of aromatic nitrogens is 2. The van der Waals surface area contributed by atoms with Gasteiger partial charge in [-0.1, -0.05) is 6.07 Å². The van der Waals surface area contributed by atoms with E-state index >= 15 is 0 Å². The summed E-state index contributed by atoms with van der Waals surface area (Å²) < 4.78 is 7.61. The molecule has 1 saturated heterocycles. The summed E-state index contributed by atoms with van der Waals surface area (Å²) in [6.07, 6.45) is 5.45. The number of rotatable bonds is 2. The minimum absolute atomic E-state index is 0.432. The lowest BCUT2D eigenvalue weighted by Crippen LogP contribution is -2.17. The highest BCUT2D eigenvalue weighted by Crippen LogP contribution is 2.35. The summed E-state index contributed by atoms with van der Waals surface area (Å²) in [6.45, 7) is 1.91. The van der Waals surface area contributed by atoms with Crippen molar-refractivity contribution < 1.29 is 4.74 Å². The maximum absolute atomic E-state index is 5.59. The van der Waals surface area contributed by atoms with Crippen LogP contribution in [0.2, 0.25) is 0 Å². The summed E-state index contributed by atoms with van der Waals surface area (Å²) in [5.74, 6) is 1.04. The van der Waals surface area contributed by atoms with Crippen LogP contribution in [0.4, 0.5) is 0 Å². The van der Waals surface area contributed by atoms with Crippen LogP contribution in [0.3, 0.4) is 0 Å². The Kier molecular flexibility index (Phi) is 2.77.